The van der Waals surface area contributed by atoms with E-state index in [0.29, 0.717) is 19.0 Å². The van der Waals surface area contributed by atoms with Crippen LogP contribution in [0.25, 0.3) is 0 Å². The summed E-state index contributed by atoms with van der Waals surface area (Å²) < 4.78 is 19.6. The second kappa shape index (κ2) is 8.21. The first-order valence-corrected chi connectivity index (χ1v) is 9.91. The van der Waals surface area contributed by atoms with Gasteiger partial charge in [0.2, 0.25) is 0 Å². The zero-order chi connectivity index (χ0) is 20.4. The third kappa shape index (κ3) is 4.74. The zero-order valence-electron chi connectivity index (χ0n) is 16.7. The lowest BCUT2D eigenvalue weighted by Crippen LogP contribution is -2.41. The molecule has 0 bridgehead atoms. The fraction of sp³-hybridized carbons (Fsp3) is 0.364. The molecule has 2 aliphatic rings. The quantitative estimate of drug-likeness (QED) is 0.556. The van der Waals surface area contributed by atoms with Gasteiger partial charge in [0.1, 0.15) is 24.1 Å². The van der Waals surface area contributed by atoms with Gasteiger partial charge < -0.3 is 10.1 Å². The van der Waals surface area contributed by atoms with Crippen LogP contribution in [0.3, 0.4) is 0 Å². The standard InChI is InChI=1S/C22H26FN5O/c1-14(19-8-5-17(23)9-21(19)29-18-6-7-18)12-28(24)22-10-20(26-13-27-22)16-4-3-15(2)25-11-16/h3-5,8-11,14,18,27H,6-7,12-13,24H2,1-2H3. The van der Waals surface area contributed by atoms with Gasteiger partial charge in [-0.25, -0.2) is 10.2 Å². The van der Waals surface area contributed by atoms with E-state index >= 15 is 0 Å². The van der Waals surface area contributed by atoms with Crippen LogP contribution in [0.2, 0.25) is 0 Å². The van der Waals surface area contributed by atoms with E-state index in [2.05, 4.69) is 22.2 Å². The molecule has 1 aliphatic carbocycles. The molecule has 1 aromatic heterocycles. The smallest absolute Gasteiger partial charge is 0.126 e. The number of ether oxygens (including phenoxy) is 1. The van der Waals surface area contributed by atoms with E-state index in [-0.39, 0.29) is 17.8 Å². The van der Waals surface area contributed by atoms with Crippen molar-refractivity contribution in [1.29, 1.82) is 0 Å². The molecular formula is C22H26FN5O. The van der Waals surface area contributed by atoms with Gasteiger partial charge in [0.05, 0.1) is 11.8 Å². The molecule has 1 atom stereocenters. The summed E-state index contributed by atoms with van der Waals surface area (Å²) in [6.07, 6.45) is 6.01. The summed E-state index contributed by atoms with van der Waals surface area (Å²) in [7, 11) is 0. The molecule has 0 saturated heterocycles. The minimum absolute atomic E-state index is 0.0559. The van der Waals surface area contributed by atoms with Gasteiger partial charge in [-0.1, -0.05) is 13.0 Å². The Labute approximate surface area is 170 Å². The molecule has 3 N–H and O–H groups in total. The maximum absolute atomic E-state index is 13.7. The molecule has 152 valence electrons. The van der Waals surface area contributed by atoms with Crippen molar-refractivity contribution < 1.29 is 9.13 Å². The number of nitrogens with zero attached hydrogens (tertiary/aromatic N) is 3. The van der Waals surface area contributed by atoms with Gasteiger partial charge >= 0.3 is 0 Å². The molecule has 7 heteroatoms. The van der Waals surface area contributed by atoms with Crippen LogP contribution in [0.15, 0.2) is 53.4 Å². The first-order chi connectivity index (χ1) is 14.0. The Balaban J connectivity index is 1.48. The molecule has 2 heterocycles. The van der Waals surface area contributed by atoms with Crippen LogP contribution >= 0.6 is 0 Å². The second-order valence-corrected chi connectivity index (χ2v) is 7.65. The van der Waals surface area contributed by atoms with Gasteiger partial charge in [-0.3, -0.25) is 15.0 Å². The van der Waals surface area contributed by atoms with Crippen molar-refractivity contribution in [3.8, 4) is 5.75 Å². The fourth-order valence-corrected chi connectivity index (χ4v) is 3.28. The van der Waals surface area contributed by atoms with Crippen LogP contribution in [0.4, 0.5) is 4.39 Å². The van der Waals surface area contributed by atoms with Crippen molar-refractivity contribution in [2.24, 2.45) is 10.8 Å². The minimum Gasteiger partial charge on any atom is -0.490 e. The maximum atomic E-state index is 13.7. The summed E-state index contributed by atoms with van der Waals surface area (Å²) in [5.41, 5.74) is 3.72. The molecule has 1 aromatic carbocycles. The van der Waals surface area contributed by atoms with Crippen LogP contribution < -0.4 is 15.9 Å². The fourth-order valence-electron chi connectivity index (χ4n) is 3.28. The molecule has 2 aromatic rings. The molecule has 0 radical (unpaired) electrons. The Kier molecular flexibility index (Phi) is 5.49. The average Bonchev–Trinajstić information content (AvgIpc) is 3.52. The highest BCUT2D eigenvalue weighted by Crippen LogP contribution is 2.33. The summed E-state index contributed by atoms with van der Waals surface area (Å²) in [6.45, 7) is 5.01. The number of nitrogens with one attached hydrogen (secondary N) is 1. The number of hydrogen-bond acceptors (Lipinski definition) is 6. The molecule has 1 unspecified atom stereocenters. The molecule has 1 aliphatic heterocycles. The number of aliphatic imine (C=N–C) groups is 1. The number of allylic oxidation sites excluding steroid dienone is 1. The lowest BCUT2D eigenvalue weighted by molar-refractivity contribution is 0.285. The van der Waals surface area contributed by atoms with Crippen molar-refractivity contribution in [3.05, 3.63) is 71.1 Å². The number of rotatable bonds is 7. The summed E-state index contributed by atoms with van der Waals surface area (Å²) in [6, 6.07) is 8.70. The van der Waals surface area contributed by atoms with E-state index in [1.807, 2.05) is 31.3 Å². The molecule has 4 rings (SSSR count). The summed E-state index contributed by atoms with van der Waals surface area (Å²) in [4.78, 5) is 8.85. The maximum Gasteiger partial charge on any atom is 0.126 e. The largest absolute Gasteiger partial charge is 0.490 e. The SMILES string of the molecule is Cc1ccc(C2=NCNC(N(N)CC(C)c3ccc(F)cc3OC3CC3)=C2)cn1. The zero-order valence-corrected chi connectivity index (χ0v) is 16.7. The van der Waals surface area contributed by atoms with Gasteiger partial charge in [0.25, 0.3) is 0 Å². The highest BCUT2D eigenvalue weighted by molar-refractivity contribution is 6.09. The predicted molar refractivity (Wildman–Crippen MR) is 111 cm³/mol. The number of halogens is 1. The summed E-state index contributed by atoms with van der Waals surface area (Å²) >= 11 is 0. The molecule has 0 amide bonds. The first kappa shape index (κ1) is 19.4. The van der Waals surface area contributed by atoms with Crippen molar-refractivity contribution in [2.75, 3.05) is 13.2 Å². The van der Waals surface area contributed by atoms with Crippen LogP contribution in [0, 0.1) is 12.7 Å². The molecular weight excluding hydrogens is 369 g/mol. The van der Waals surface area contributed by atoms with E-state index in [4.69, 9.17) is 10.6 Å². The average molecular weight is 395 g/mol. The summed E-state index contributed by atoms with van der Waals surface area (Å²) in [5, 5.41) is 4.89. The van der Waals surface area contributed by atoms with Crippen molar-refractivity contribution in [2.45, 2.75) is 38.7 Å². The van der Waals surface area contributed by atoms with E-state index in [9.17, 15) is 4.39 Å². The highest BCUT2D eigenvalue weighted by atomic mass is 19.1. The number of benzene rings is 1. The second-order valence-electron chi connectivity index (χ2n) is 7.65. The van der Waals surface area contributed by atoms with Crippen molar-refractivity contribution >= 4 is 5.71 Å². The van der Waals surface area contributed by atoms with Gasteiger partial charge in [0, 0.05) is 42.1 Å². The predicted octanol–water partition coefficient (Wildman–Crippen LogP) is 3.24. The molecule has 1 saturated carbocycles. The molecule has 6 nitrogen and oxygen atoms in total. The molecule has 1 fully saturated rings. The van der Waals surface area contributed by atoms with Crippen LogP contribution in [-0.4, -0.2) is 35.0 Å². The summed E-state index contributed by atoms with van der Waals surface area (Å²) in [5.74, 6) is 7.53. The van der Waals surface area contributed by atoms with Gasteiger partial charge in [-0.2, -0.15) is 0 Å². The van der Waals surface area contributed by atoms with Crippen LogP contribution in [0.1, 0.15) is 42.5 Å². The number of nitrogens with two attached hydrogens (primary N) is 1. The lowest BCUT2D eigenvalue weighted by Gasteiger charge is -2.28. The lowest BCUT2D eigenvalue weighted by atomic mass is 9.99. The van der Waals surface area contributed by atoms with Crippen LogP contribution in [-0.2, 0) is 0 Å². The van der Waals surface area contributed by atoms with E-state index in [1.165, 1.54) is 12.1 Å². The van der Waals surface area contributed by atoms with E-state index < -0.39 is 0 Å². The Hall–Kier alpha value is -2.93. The van der Waals surface area contributed by atoms with Crippen molar-refractivity contribution in [3.63, 3.8) is 0 Å². The minimum atomic E-state index is -0.287. The first-order valence-electron chi connectivity index (χ1n) is 9.91. The van der Waals surface area contributed by atoms with E-state index in [1.54, 1.807) is 11.1 Å². The van der Waals surface area contributed by atoms with Crippen molar-refractivity contribution in [1.82, 2.24) is 15.3 Å². The number of pyridine rings is 1. The highest BCUT2D eigenvalue weighted by Gasteiger charge is 2.26. The number of hydrazine groups is 1. The third-order valence-corrected chi connectivity index (χ3v) is 5.09. The molecule has 0 spiro atoms. The normalized spacial score (nSPS) is 17.1. The monoisotopic (exact) mass is 395 g/mol. The van der Waals surface area contributed by atoms with Crippen LogP contribution in [0.5, 0.6) is 5.75 Å². The van der Waals surface area contributed by atoms with Gasteiger partial charge in [-0.15, -0.1) is 0 Å². The van der Waals surface area contributed by atoms with Gasteiger partial charge in [0.15, 0.2) is 0 Å². The number of aromatic nitrogens is 1. The Bertz CT molecular complexity index is 937. The topological polar surface area (TPSA) is 75.8 Å². The van der Waals surface area contributed by atoms with E-state index in [0.717, 1.165) is 41.2 Å². The third-order valence-electron chi connectivity index (χ3n) is 5.09. The van der Waals surface area contributed by atoms with Gasteiger partial charge in [-0.05, 0) is 43.5 Å². The number of aryl methyl sites for hydroxylation is 1. The Morgan fingerprint density at radius 3 is 2.86 bits per heavy atom. The Morgan fingerprint density at radius 1 is 1.31 bits per heavy atom. The molecule has 29 heavy (non-hydrogen) atoms. The Morgan fingerprint density at radius 2 is 2.14 bits per heavy atom. The number of hydrogen-bond donors (Lipinski definition) is 2.